The molecular weight excluding hydrogens is 415 g/mol. The Bertz CT molecular complexity index is 1110. The topological polar surface area (TPSA) is 59.3 Å². The Hall–Kier alpha value is -2.58. The number of benzene rings is 2. The summed E-state index contributed by atoms with van der Waals surface area (Å²) in [7, 11) is -3.73. The van der Waals surface area contributed by atoms with Gasteiger partial charge >= 0.3 is 6.18 Å². The predicted molar refractivity (Wildman–Crippen MR) is 109 cm³/mol. The molecule has 4 nitrogen and oxygen atoms in total. The van der Waals surface area contributed by atoms with Crippen molar-refractivity contribution < 1.29 is 26.0 Å². The van der Waals surface area contributed by atoms with E-state index in [4.69, 9.17) is 4.42 Å². The maximum atomic E-state index is 13.0. The van der Waals surface area contributed by atoms with Gasteiger partial charge in [-0.2, -0.15) is 17.9 Å². The molecule has 1 atom stereocenters. The Kier molecular flexibility index (Phi) is 5.84. The van der Waals surface area contributed by atoms with Gasteiger partial charge in [-0.05, 0) is 50.6 Å². The number of furan rings is 1. The third-order valence-corrected chi connectivity index (χ3v) is 6.76. The van der Waals surface area contributed by atoms with Gasteiger partial charge in [0.25, 0.3) is 0 Å². The molecule has 1 heterocycles. The Morgan fingerprint density at radius 1 is 0.900 bits per heavy atom. The van der Waals surface area contributed by atoms with Crippen LogP contribution in [-0.2, 0) is 16.2 Å². The number of halogens is 3. The molecule has 3 aromatic rings. The first-order chi connectivity index (χ1) is 13.9. The summed E-state index contributed by atoms with van der Waals surface area (Å²) in [5.41, 5.74) is 0.114. The van der Waals surface area contributed by atoms with Gasteiger partial charge in [0, 0.05) is 5.56 Å². The van der Waals surface area contributed by atoms with Gasteiger partial charge in [0.2, 0.25) is 10.0 Å². The fourth-order valence-electron chi connectivity index (χ4n) is 2.78. The molecule has 1 N–H and O–H groups in total. The zero-order valence-corrected chi connectivity index (χ0v) is 17.5. The lowest BCUT2D eigenvalue weighted by molar-refractivity contribution is -0.137. The van der Waals surface area contributed by atoms with Crippen LogP contribution in [0, 0.1) is 0 Å². The highest BCUT2D eigenvalue weighted by Crippen LogP contribution is 2.34. The minimum absolute atomic E-state index is 0.215. The molecule has 0 aliphatic rings. The van der Waals surface area contributed by atoms with Crippen molar-refractivity contribution in [3.8, 4) is 11.3 Å². The monoisotopic (exact) mass is 437 g/mol. The van der Waals surface area contributed by atoms with Crippen molar-refractivity contribution >= 4 is 10.0 Å². The molecule has 0 aliphatic heterocycles. The van der Waals surface area contributed by atoms with Crippen LogP contribution in [0.2, 0.25) is 0 Å². The fourth-order valence-corrected chi connectivity index (χ4v) is 3.70. The molecule has 0 saturated heterocycles. The third kappa shape index (κ3) is 4.76. The van der Waals surface area contributed by atoms with E-state index >= 15 is 0 Å². The van der Waals surface area contributed by atoms with Crippen LogP contribution in [-0.4, -0.2) is 13.2 Å². The fraction of sp³-hybridized carbons (Fsp3) is 0.273. The van der Waals surface area contributed by atoms with Crippen molar-refractivity contribution in [2.45, 2.75) is 37.7 Å². The lowest BCUT2D eigenvalue weighted by atomic mass is 10.1. The van der Waals surface area contributed by atoms with Crippen molar-refractivity contribution in [3.05, 3.63) is 83.6 Å². The van der Waals surface area contributed by atoms with Crippen molar-refractivity contribution in [3.63, 3.8) is 0 Å². The van der Waals surface area contributed by atoms with Gasteiger partial charge in [-0.1, -0.05) is 42.5 Å². The minimum atomic E-state index is -4.47. The molecule has 1 aromatic heterocycles. The maximum Gasteiger partial charge on any atom is 0.416 e. The van der Waals surface area contributed by atoms with E-state index in [9.17, 15) is 21.6 Å². The quantitative estimate of drug-likeness (QED) is 0.551. The summed E-state index contributed by atoms with van der Waals surface area (Å²) in [5.74, 6) is 0.494. The highest BCUT2D eigenvalue weighted by atomic mass is 32.2. The zero-order chi connectivity index (χ0) is 22.2. The van der Waals surface area contributed by atoms with Crippen LogP contribution >= 0.6 is 0 Å². The Labute approximate surface area is 173 Å². The van der Waals surface area contributed by atoms with Gasteiger partial charge in [0.1, 0.15) is 17.6 Å². The number of nitrogens with one attached hydrogen (secondary N) is 1. The van der Waals surface area contributed by atoms with E-state index in [-0.39, 0.29) is 17.1 Å². The first kappa shape index (κ1) is 22.1. The van der Waals surface area contributed by atoms with Gasteiger partial charge in [-0.25, -0.2) is 8.42 Å². The minimum Gasteiger partial charge on any atom is -0.459 e. The molecule has 0 bridgehead atoms. The van der Waals surface area contributed by atoms with Gasteiger partial charge in [0.15, 0.2) is 0 Å². The third-order valence-electron chi connectivity index (χ3n) is 4.60. The molecule has 2 aromatic carbocycles. The Balaban J connectivity index is 2.02. The Morgan fingerprint density at radius 2 is 1.57 bits per heavy atom. The van der Waals surface area contributed by atoms with Crippen molar-refractivity contribution in [2.24, 2.45) is 0 Å². The second-order valence-electron chi connectivity index (χ2n) is 7.86. The number of alkyl halides is 3. The molecule has 0 saturated carbocycles. The van der Waals surface area contributed by atoms with Gasteiger partial charge < -0.3 is 4.42 Å². The average Bonchev–Trinajstić information content (AvgIpc) is 3.15. The summed E-state index contributed by atoms with van der Waals surface area (Å²) >= 11 is 0. The molecular formula is C22H22F3NO3S. The van der Waals surface area contributed by atoms with Crippen LogP contribution in [0.4, 0.5) is 13.2 Å². The van der Waals surface area contributed by atoms with E-state index in [2.05, 4.69) is 4.72 Å². The molecule has 0 unspecified atom stereocenters. The highest BCUT2D eigenvalue weighted by molar-refractivity contribution is 7.90. The van der Waals surface area contributed by atoms with Gasteiger partial charge in [-0.3, -0.25) is 0 Å². The second kappa shape index (κ2) is 7.92. The van der Waals surface area contributed by atoms with E-state index in [1.807, 2.05) is 0 Å². The molecule has 160 valence electrons. The smallest absolute Gasteiger partial charge is 0.416 e. The Morgan fingerprint density at radius 3 is 2.17 bits per heavy atom. The number of sulfonamides is 1. The highest BCUT2D eigenvalue weighted by Gasteiger charge is 2.34. The summed E-state index contributed by atoms with van der Waals surface area (Å²) in [5, 5.41) is 0. The summed E-state index contributed by atoms with van der Waals surface area (Å²) < 4.78 is 72.0. The molecule has 0 amide bonds. The molecule has 8 heteroatoms. The maximum absolute atomic E-state index is 13.0. The molecule has 3 rings (SSSR count). The van der Waals surface area contributed by atoms with Crippen LogP contribution in [0.25, 0.3) is 11.3 Å². The standard InChI is InChI=1S/C22H22F3NO3S/c1-21(2,3)30(27,28)26-20(15-8-5-4-6-9-15)19-13-12-18(29-19)16-10-7-11-17(14-16)22(23,24)25/h4-14,20,26H,1-3H3/t20-/m0/s1. The van der Waals surface area contributed by atoms with Crippen LogP contribution < -0.4 is 4.72 Å². The molecule has 0 radical (unpaired) electrons. The van der Waals surface area contributed by atoms with Crippen LogP contribution in [0.5, 0.6) is 0 Å². The SMILES string of the molecule is CC(C)(C)S(=O)(=O)N[C@@H](c1ccccc1)c1ccc(-c2cccc(C(F)(F)F)c2)o1. The first-order valence-electron chi connectivity index (χ1n) is 9.23. The van der Waals surface area contributed by atoms with Crippen molar-refractivity contribution in [1.29, 1.82) is 0 Å². The largest absolute Gasteiger partial charge is 0.459 e. The van der Waals surface area contributed by atoms with Gasteiger partial charge in [0.05, 0.1) is 10.3 Å². The van der Waals surface area contributed by atoms with Crippen molar-refractivity contribution in [1.82, 2.24) is 4.72 Å². The van der Waals surface area contributed by atoms with E-state index in [1.54, 1.807) is 57.2 Å². The zero-order valence-electron chi connectivity index (χ0n) is 16.7. The number of hydrogen-bond donors (Lipinski definition) is 1. The van der Waals surface area contributed by atoms with E-state index in [0.717, 1.165) is 12.1 Å². The lowest BCUT2D eigenvalue weighted by Gasteiger charge is -2.24. The van der Waals surface area contributed by atoms with E-state index < -0.39 is 32.6 Å². The van der Waals surface area contributed by atoms with Crippen LogP contribution in [0.3, 0.4) is 0 Å². The predicted octanol–water partition coefficient (Wildman–Crippen LogP) is 5.77. The molecule has 0 fully saturated rings. The van der Waals surface area contributed by atoms with Crippen LogP contribution in [0.1, 0.15) is 43.7 Å². The number of hydrogen-bond acceptors (Lipinski definition) is 3. The summed E-state index contributed by atoms with van der Waals surface area (Å²) in [6.07, 6.45) is -4.47. The average molecular weight is 437 g/mol. The lowest BCUT2D eigenvalue weighted by Crippen LogP contribution is -2.41. The normalized spacial score (nSPS) is 13.9. The van der Waals surface area contributed by atoms with Crippen LogP contribution in [0.15, 0.2) is 71.1 Å². The second-order valence-corrected chi connectivity index (χ2v) is 10.3. The number of rotatable bonds is 5. The van der Waals surface area contributed by atoms with E-state index in [0.29, 0.717) is 5.56 Å². The molecule has 0 spiro atoms. The summed E-state index contributed by atoms with van der Waals surface area (Å²) in [6.45, 7) is 4.73. The molecule has 30 heavy (non-hydrogen) atoms. The summed E-state index contributed by atoms with van der Waals surface area (Å²) in [4.78, 5) is 0. The van der Waals surface area contributed by atoms with Gasteiger partial charge in [-0.15, -0.1) is 0 Å². The van der Waals surface area contributed by atoms with Crippen molar-refractivity contribution in [2.75, 3.05) is 0 Å². The molecule has 0 aliphatic carbocycles. The summed E-state index contributed by atoms with van der Waals surface area (Å²) in [6, 6.07) is 15.9. The van der Waals surface area contributed by atoms with E-state index in [1.165, 1.54) is 18.2 Å². The first-order valence-corrected chi connectivity index (χ1v) is 10.7.